The quantitative estimate of drug-likeness (QED) is 0.482. The van der Waals surface area contributed by atoms with Crippen LogP contribution in [0.3, 0.4) is 0 Å². The van der Waals surface area contributed by atoms with E-state index in [2.05, 4.69) is 45.2 Å². The molecule has 0 aliphatic heterocycles. The molecule has 2 aromatic heterocycles. The van der Waals surface area contributed by atoms with E-state index >= 15 is 0 Å². The summed E-state index contributed by atoms with van der Waals surface area (Å²) in [7, 11) is 3.81. The van der Waals surface area contributed by atoms with Gasteiger partial charge in [-0.05, 0) is 20.8 Å². The molecule has 2 aromatic rings. The number of hydrogen-bond donors (Lipinski definition) is 0. The van der Waals surface area contributed by atoms with E-state index in [9.17, 15) is 4.79 Å². The van der Waals surface area contributed by atoms with Gasteiger partial charge in [-0.15, -0.1) is 0 Å². The van der Waals surface area contributed by atoms with Gasteiger partial charge in [-0.1, -0.05) is 11.8 Å². The second kappa shape index (κ2) is 7.73. The van der Waals surface area contributed by atoms with Crippen molar-refractivity contribution in [3.8, 4) is 11.8 Å². The van der Waals surface area contributed by atoms with Crippen LogP contribution in [0.25, 0.3) is 11.0 Å². The van der Waals surface area contributed by atoms with Crippen molar-refractivity contribution in [3.63, 3.8) is 0 Å². The molecule has 0 spiro atoms. The third-order valence-corrected chi connectivity index (χ3v) is 3.38. The first-order valence-electron chi connectivity index (χ1n) is 7.94. The molecule has 0 aliphatic carbocycles. The third-order valence-electron chi connectivity index (χ3n) is 3.38. The van der Waals surface area contributed by atoms with E-state index < -0.39 is 0 Å². The Hall–Kier alpha value is -2.68. The predicted molar refractivity (Wildman–Crippen MR) is 96.5 cm³/mol. The zero-order valence-electron chi connectivity index (χ0n) is 14.9. The van der Waals surface area contributed by atoms with E-state index in [0.29, 0.717) is 18.7 Å². The molecule has 0 saturated carbocycles. The first-order valence-corrected chi connectivity index (χ1v) is 7.94. The number of nitrogens with zero attached hydrogens (tertiary/aromatic N) is 5. The van der Waals surface area contributed by atoms with Gasteiger partial charge in [0.15, 0.2) is 5.82 Å². The molecule has 0 N–H and O–H groups in total. The topological polar surface area (TPSA) is 63.4 Å². The summed E-state index contributed by atoms with van der Waals surface area (Å²) in [6.45, 7) is 5.77. The fourth-order valence-corrected chi connectivity index (χ4v) is 2.22. The van der Waals surface area contributed by atoms with Crippen molar-refractivity contribution in [2.24, 2.45) is 4.99 Å². The number of aliphatic imine (C=N–C) groups is 1. The number of ketones is 1. The van der Waals surface area contributed by atoms with Crippen LogP contribution in [-0.4, -0.2) is 45.7 Å². The van der Waals surface area contributed by atoms with Crippen molar-refractivity contribution in [2.45, 2.75) is 39.7 Å². The van der Waals surface area contributed by atoms with Gasteiger partial charge in [0.2, 0.25) is 0 Å². The number of aromatic nitrogens is 3. The van der Waals surface area contributed by atoms with Crippen molar-refractivity contribution < 1.29 is 4.79 Å². The summed E-state index contributed by atoms with van der Waals surface area (Å²) >= 11 is 0. The Morgan fingerprint density at radius 3 is 2.79 bits per heavy atom. The number of fused-ring (bicyclic) bond motifs is 1. The van der Waals surface area contributed by atoms with Crippen LogP contribution in [0, 0.1) is 11.8 Å². The molecule has 6 nitrogen and oxygen atoms in total. The molecule has 0 aliphatic rings. The molecular weight excluding hydrogens is 302 g/mol. The number of carbonyl (C=O) groups is 1. The molecule has 0 unspecified atom stereocenters. The fourth-order valence-electron chi connectivity index (χ4n) is 2.22. The first kappa shape index (κ1) is 17.7. The molecule has 0 bridgehead atoms. The third kappa shape index (κ3) is 4.19. The van der Waals surface area contributed by atoms with Gasteiger partial charge in [0, 0.05) is 39.2 Å². The smallest absolute Gasteiger partial charge is 0.167 e. The molecular formula is C18H23N5O. The summed E-state index contributed by atoms with van der Waals surface area (Å²) in [5, 5.41) is 0.847. The Bertz CT molecular complexity index is 821. The maximum atomic E-state index is 11.0. The van der Waals surface area contributed by atoms with Gasteiger partial charge in [0.1, 0.15) is 17.8 Å². The lowest BCUT2D eigenvalue weighted by molar-refractivity contribution is -0.116. The van der Waals surface area contributed by atoms with Crippen LogP contribution in [0.2, 0.25) is 0 Å². The minimum absolute atomic E-state index is 0.147. The molecule has 0 amide bonds. The Balaban J connectivity index is 2.54. The summed E-state index contributed by atoms with van der Waals surface area (Å²) in [5.41, 5.74) is 1.66. The molecule has 0 atom stereocenters. The number of hydrogen-bond acceptors (Lipinski definition) is 4. The average molecular weight is 325 g/mol. The number of Topliss-reactive ketones (excluding diaryl/α,β-unsaturated/α-hetero) is 1. The minimum Gasteiger partial charge on any atom is -0.369 e. The monoisotopic (exact) mass is 325 g/mol. The highest BCUT2D eigenvalue weighted by molar-refractivity contribution is 5.93. The normalized spacial score (nSPS) is 11.1. The molecule has 0 saturated heterocycles. The number of carbonyl (C=O) groups excluding carboxylic acids is 1. The van der Waals surface area contributed by atoms with Gasteiger partial charge in [-0.25, -0.2) is 15.0 Å². The van der Waals surface area contributed by atoms with Gasteiger partial charge in [-0.3, -0.25) is 4.79 Å². The maximum Gasteiger partial charge on any atom is 0.167 e. The van der Waals surface area contributed by atoms with E-state index in [4.69, 9.17) is 0 Å². The van der Waals surface area contributed by atoms with Crippen LogP contribution in [-0.2, 0) is 4.79 Å². The molecule has 0 aromatic carbocycles. The first-order chi connectivity index (χ1) is 11.4. The fraction of sp³-hybridized carbons (Fsp3) is 0.444. The lowest BCUT2D eigenvalue weighted by atomic mass is 10.2. The van der Waals surface area contributed by atoms with Crippen LogP contribution in [0.1, 0.15) is 45.2 Å². The van der Waals surface area contributed by atoms with Crippen molar-refractivity contribution in [1.82, 2.24) is 19.4 Å². The van der Waals surface area contributed by atoms with Gasteiger partial charge in [-0.2, -0.15) is 0 Å². The standard InChI is InChI=1S/C18H23N5O/c1-13(2)23-10-15(9-7-6-8-14(3)24)16-17(21-12-22(4)5)19-11-20-18(16)23/h10-13H,6,8H2,1-5H3. The molecule has 126 valence electrons. The predicted octanol–water partition coefficient (Wildman–Crippen LogP) is 2.95. The maximum absolute atomic E-state index is 11.0. The second-order valence-corrected chi connectivity index (χ2v) is 6.15. The highest BCUT2D eigenvalue weighted by Crippen LogP contribution is 2.29. The largest absolute Gasteiger partial charge is 0.369 e. The summed E-state index contributed by atoms with van der Waals surface area (Å²) < 4.78 is 2.07. The summed E-state index contributed by atoms with van der Waals surface area (Å²) in [4.78, 5) is 26.0. The van der Waals surface area contributed by atoms with E-state index in [0.717, 1.165) is 16.6 Å². The van der Waals surface area contributed by atoms with Gasteiger partial charge >= 0.3 is 0 Å². The average Bonchev–Trinajstić information content (AvgIpc) is 2.89. The molecule has 6 heteroatoms. The molecule has 24 heavy (non-hydrogen) atoms. The van der Waals surface area contributed by atoms with Gasteiger partial charge in [0.05, 0.1) is 17.3 Å². The van der Waals surface area contributed by atoms with Crippen molar-refractivity contribution in [2.75, 3.05) is 14.1 Å². The van der Waals surface area contributed by atoms with E-state index in [-0.39, 0.29) is 11.8 Å². The Labute approximate surface area is 142 Å². The van der Waals surface area contributed by atoms with Crippen LogP contribution in [0.5, 0.6) is 0 Å². The van der Waals surface area contributed by atoms with Crippen LogP contribution in [0.4, 0.5) is 5.82 Å². The lowest BCUT2D eigenvalue weighted by Crippen LogP contribution is -2.07. The highest BCUT2D eigenvalue weighted by atomic mass is 16.1. The Kier molecular flexibility index (Phi) is 5.69. The van der Waals surface area contributed by atoms with E-state index in [1.165, 1.54) is 6.33 Å². The van der Waals surface area contributed by atoms with Gasteiger partial charge < -0.3 is 9.47 Å². The summed E-state index contributed by atoms with van der Waals surface area (Å²) in [6.07, 6.45) is 6.24. The van der Waals surface area contributed by atoms with Crippen LogP contribution >= 0.6 is 0 Å². The van der Waals surface area contributed by atoms with Crippen molar-refractivity contribution >= 4 is 29.0 Å². The second-order valence-electron chi connectivity index (χ2n) is 6.15. The van der Waals surface area contributed by atoms with Crippen LogP contribution < -0.4 is 0 Å². The Morgan fingerprint density at radius 1 is 1.42 bits per heavy atom. The molecule has 2 heterocycles. The lowest BCUT2D eigenvalue weighted by Gasteiger charge is -2.07. The zero-order chi connectivity index (χ0) is 17.7. The minimum atomic E-state index is 0.147. The summed E-state index contributed by atoms with van der Waals surface area (Å²) in [6, 6.07) is 0.251. The molecule has 2 rings (SSSR count). The van der Waals surface area contributed by atoms with Gasteiger partial charge in [0.25, 0.3) is 0 Å². The SMILES string of the molecule is CC(=O)CCC#Cc1cn(C(C)C)c2ncnc(N=CN(C)C)c12. The molecule has 0 fully saturated rings. The summed E-state index contributed by atoms with van der Waals surface area (Å²) in [5.74, 6) is 6.97. The highest BCUT2D eigenvalue weighted by Gasteiger charge is 2.15. The number of rotatable bonds is 5. The van der Waals surface area contributed by atoms with Crippen molar-refractivity contribution in [3.05, 3.63) is 18.1 Å². The van der Waals surface area contributed by atoms with Crippen molar-refractivity contribution in [1.29, 1.82) is 0 Å². The zero-order valence-corrected chi connectivity index (χ0v) is 14.9. The van der Waals surface area contributed by atoms with Crippen LogP contribution in [0.15, 0.2) is 17.5 Å². The van der Waals surface area contributed by atoms with E-state index in [1.54, 1.807) is 13.3 Å². The molecule has 0 radical (unpaired) electrons. The van der Waals surface area contributed by atoms with E-state index in [1.807, 2.05) is 25.2 Å². The Morgan fingerprint density at radius 2 is 2.17 bits per heavy atom.